The Labute approximate surface area is 227 Å². The molecule has 4 rings (SSSR count). The molecular formula is C32H46O6. The number of hydrogen-bond acceptors (Lipinski definition) is 5. The Kier molecular flexibility index (Phi) is 7.17. The molecule has 0 aliphatic heterocycles. The van der Waals surface area contributed by atoms with Crippen LogP contribution in [0, 0.1) is 39.4 Å². The number of allylic oxidation sites excluding steroid dienone is 4. The van der Waals surface area contributed by atoms with Crippen molar-refractivity contribution >= 4 is 17.7 Å². The average Bonchev–Trinajstić information content (AvgIpc) is 3.02. The summed E-state index contributed by atoms with van der Waals surface area (Å²) in [6.45, 7) is 16.3. The predicted molar refractivity (Wildman–Crippen MR) is 146 cm³/mol. The van der Waals surface area contributed by atoms with Crippen molar-refractivity contribution in [2.45, 2.75) is 106 Å². The molecule has 0 aromatic heterocycles. The molecule has 8 atom stereocenters. The molecule has 4 aliphatic carbocycles. The smallest absolute Gasteiger partial charge is 0.331 e. The number of aliphatic hydroxyl groups is 1. The van der Waals surface area contributed by atoms with E-state index in [4.69, 9.17) is 9.84 Å². The number of aliphatic hydroxyl groups excluding tert-OH is 1. The van der Waals surface area contributed by atoms with Crippen LogP contribution in [0.3, 0.4) is 0 Å². The Morgan fingerprint density at radius 1 is 1.11 bits per heavy atom. The van der Waals surface area contributed by atoms with Gasteiger partial charge < -0.3 is 14.9 Å². The molecule has 2 N–H and O–H groups in total. The quantitative estimate of drug-likeness (QED) is 0.323. The summed E-state index contributed by atoms with van der Waals surface area (Å²) < 4.78 is 5.78. The zero-order chi connectivity index (χ0) is 28.4. The molecule has 6 nitrogen and oxygen atoms in total. The van der Waals surface area contributed by atoms with Gasteiger partial charge in [0.25, 0.3) is 0 Å². The lowest BCUT2D eigenvalue weighted by Crippen LogP contribution is -2.56. The number of carboxylic acids is 1. The predicted octanol–water partition coefficient (Wildman–Crippen LogP) is 6.04. The second kappa shape index (κ2) is 9.46. The molecule has 0 amide bonds. The van der Waals surface area contributed by atoms with Gasteiger partial charge in [0.05, 0.1) is 6.10 Å². The molecule has 0 bridgehead atoms. The van der Waals surface area contributed by atoms with E-state index in [-0.39, 0.29) is 57.9 Å². The highest BCUT2D eigenvalue weighted by molar-refractivity contribution is 5.98. The summed E-state index contributed by atoms with van der Waals surface area (Å²) in [5.74, 6) is -0.998. The largest absolute Gasteiger partial charge is 0.478 e. The lowest BCUT2D eigenvalue weighted by atomic mass is 9.44. The lowest BCUT2D eigenvalue weighted by Gasteiger charge is -2.61. The van der Waals surface area contributed by atoms with Crippen molar-refractivity contribution in [1.82, 2.24) is 0 Å². The topological polar surface area (TPSA) is 101 Å². The van der Waals surface area contributed by atoms with Crippen molar-refractivity contribution < 1.29 is 29.3 Å². The molecular weight excluding hydrogens is 480 g/mol. The molecule has 38 heavy (non-hydrogen) atoms. The van der Waals surface area contributed by atoms with E-state index >= 15 is 0 Å². The molecule has 0 unspecified atom stereocenters. The molecule has 0 heterocycles. The zero-order valence-electron chi connectivity index (χ0n) is 24.4. The molecule has 4 aliphatic rings. The van der Waals surface area contributed by atoms with Gasteiger partial charge in [-0.05, 0) is 84.8 Å². The lowest BCUT2D eigenvalue weighted by molar-refractivity contribution is -0.165. The Balaban J connectivity index is 1.66. The molecule has 0 radical (unpaired) electrons. The van der Waals surface area contributed by atoms with Crippen molar-refractivity contribution in [1.29, 1.82) is 0 Å². The fourth-order valence-corrected chi connectivity index (χ4v) is 9.16. The second-order valence-electron chi connectivity index (χ2n) is 13.9. The molecule has 0 aromatic carbocycles. The van der Waals surface area contributed by atoms with E-state index in [0.29, 0.717) is 12.3 Å². The minimum atomic E-state index is -1.08. The van der Waals surface area contributed by atoms with Gasteiger partial charge in [0.1, 0.15) is 6.10 Å². The SMILES string of the molecule is CC(=O)O[C@@H]1CC[C@]2(C)C3=CC[C@]4(C)[C@@H]([C@H](C)CC(=O)/C=C(\C)C(=O)O)C[C@H](O)[C@@]4(C)C3=CC[C@H]2C1(C)C. The Bertz CT molecular complexity index is 1130. The third-order valence-corrected chi connectivity index (χ3v) is 11.6. The van der Waals surface area contributed by atoms with Crippen LogP contribution < -0.4 is 0 Å². The van der Waals surface area contributed by atoms with Crippen molar-refractivity contribution in [2.24, 2.45) is 39.4 Å². The minimum absolute atomic E-state index is 0.0161. The first-order valence-electron chi connectivity index (χ1n) is 14.2. The fourth-order valence-electron chi connectivity index (χ4n) is 9.16. The second-order valence-corrected chi connectivity index (χ2v) is 13.9. The van der Waals surface area contributed by atoms with E-state index in [2.05, 4.69) is 53.7 Å². The van der Waals surface area contributed by atoms with Gasteiger partial charge in [-0.25, -0.2) is 4.79 Å². The highest BCUT2D eigenvalue weighted by atomic mass is 16.5. The van der Waals surface area contributed by atoms with Crippen molar-refractivity contribution in [2.75, 3.05) is 0 Å². The summed E-state index contributed by atoms with van der Waals surface area (Å²) in [4.78, 5) is 35.7. The van der Waals surface area contributed by atoms with Gasteiger partial charge >= 0.3 is 11.9 Å². The summed E-state index contributed by atoms with van der Waals surface area (Å²) in [5, 5.41) is 20.8. The molecule has 2 saturated carbocycles. The van der Waals surface area contributed by atoms with Crippen LogP contribution in [0.5, 0.6) is 0 Å². The van der Waals surface area contributed by atoms with E-state index in [1.54, 1.807) is 0 Å². The van der Waals surface area contributed by atoms with E-state index in [9.17, 15) is 19.5 Å². The van der Waals surface area contributed by atoms with Crippen molar-refractivity contribution in [3.8, 4) is 0 Å². The number of carboxylic acid groups (broad SMARTS) is 1. The number of fused-ring (bicyclic) bond motifs is 5. The fraction of sp³-hybridized carbons (Fsp3) is 0.719. The molecule has 2 fully saturated rings. The van der Waals surface area contributed by atoms with Crippen molar-refractivity contribution in [3.63, 3.8) is 0 Å². The highest BCUT2D eigenvalue weighted by Crippen LogP contribution is 2.71. The minimum Gasteiger partial charge on any atom is -0.478 e. The van der Waals surface area contributed by atoms with Crippen LogP contribution in [0.15, 0.2) is 34.9 Å². The molecule has 210 valence electrons. The Hall–Kier alpha value is -2.21. The number of aliphatic carboxylic acids is 1. The van der Waals surface area contributed by atoms with Gasteiger partial charge in [0.2, 0.25) is 0 Å². The van der Waals surface area contributed by atoms with Crippen LogP contribution >= 0.6 is 0 Å². The normalized spacial score (nSPS) is 40.6. The average molecular weight is 527 g/mol. The van der Waals surface area contributed by atoms with E-state index in [1.165, 1.54) is 31.1 Å². The van der Waals surface area contributed by atoms with Crippen LogP contribution in [-0.2, 0) is 19.1 Å². The van der Waals surface area contributed by atoms with Gasteiger partial charge in [-0.1, -0.05) is 53.7 Å². The van der Waals surface area contributed by atoms with Crippen LogP contribution in [-0.4, -0.2) is 40.1 Å². The van der Waals surface area contributed by atoms with Gasteiger partial charge in [-0.15, -0.1) is 0 Å². The monoisotopic (exact) mass is 526 g/mol. The summed E-state index contributed by atoms with van der Waals surface area (Å²) in [7, 11) is 0. The summed E-state index contributed by atoms with van der Waals surface area (Å²) in [6, 6.07) is 0. The summed E-state index contributed by atoms with van der Waals surface area (Å²) in [5.41, 5.74) is 1.78. The van der Waals surface area contributed by atoms with Crippen LogP contribution in [0.2, 0.25) is 0 Å². The van der Waals surface area contributed by atoms with Crippen LogP contribution in [0.1, 0.15) is 93.9 Å². The van der Waals surface area contributed by atoms with Gasteiger partial charge in [-0.3, -0.25) is 9.59 Å². The first kappa shape index (κ1) is 28.8. The number of carbonyl (C=O) groups excluding carboxylic acids is 2. The van der Waals surface area contributed by atoms with Gasteiger partial charge in [0, 0.05) is 29.7 Å². The maximum Gasteiger partial charge on any atom is 0.331 e. The Morgan fingerprint density at radius 2 is 1.76 bits per heavy atom. The van der Waals surface area contributed by atoms with Crippen molar-refractivity contribution in [3.05, 3.63) is 34.9 Å². The molecule has 0 saturated heterocycles. The number of rotatable bonds is 6. The third-order valence-electron chi connectivity index (χ3n) is 11.6. The molecule has 0 spiro atoms. The summed E-state index contributed by atoms with van der Waals surface area (Å²) >= 11 is 0. The number of ether oxygens (including phenoxy) is 1. The van der Waals surface area contributed by atoms with E-state index in [0.717, 1.165) is 25.7 Å². The standard InChI is InChI=1S/C32H46O6/c1-18(15-21(34)16-19(2)28(36)37)24-17-26(35)32(8)23-9-10-25-29(4,5)27(38-20(3)33)12-13-30(25,6)22(23)11-14-31(24,32)7/h9,11,16,18,24-27,35H,10,12-15,17H2,1-8H3,(H,36,37)/b19-16+/t18-,24-,25+,26+,27-,30-,31-,32-/m1/s1. The number of carbonyl (C=O) groups is 3. The van der Waals surface area contributed by atoms with Gasteiger partial charge in [0.15, 0.2) is 5.78 Å². The molecule has 0 aromatic rings. The number of hydrogen-bond donors (Lipinski definition) is 2. The first-order chi connectivity index (χ1) is 17.5. The summed E-state index contributed by atoms with van der Waals surface area (Å²) in [6.07, 6.45) is 9.76. The van der Waals surface area contributed by atoms with Crippen LogP contribution in [0.4, 0.5) is 0 Å². The zero-order valence-corrected chi connectivity index (χ0v) is 24.4. The maximum absolute atomic E-state index is 12.7. The van der Waals surface area contributed by atoms with E-state index < -0.39 is 17.5 Å². The third kappa shape index (κ3) is 4.13. The maximum atomic E-state index is 12.7. The molecule has 6 heteroatoms. The highest BCUT2D eigenvalue weighted by Gasteiger charge is 2.66. The number of esters is 1. The Morgan fingerprint density at radius 3 is 2.37 bits per heavy atom. The van der Waals surface area contributed by atoms with Crippen LogP contribution in [0.25, 0.3) is 0 Å². The van der Waals surface area contributed by atoms with Gasteiger partial charge in [-0.2, -0.15) is 0 Å². The first-order valence-corrected chi connectivity index (χ1v) is 14.2. The van der Waals surface area contributed by atoms with E-state index in [1.807, 2.05) is 0 Å². The number of ketones is 1.